The van der Waals surface area contributed by atoms with Crippen LogP contribution in [0.25, 0.3) is 0 Å². The summed E-state index contributed by atoms with van der Waals surface area (Å²) in [7, 11) is 0. The van der Waals surface area contributed by atoms with Crippen molar-refractivity contribution in [2.24, 2.45) is 5.73 Å². The van der Waals surface area contributed by atoms with Gasteiger partial charge in [-0.15, -0.1) is 0 Å². The predicted octanol–water partition coefficient (Wildman–Crippen LogP) is 3.86. The Labute approximate surface area is 115 Å². The second-order valence-electron chi connectivity index (χ2n) is 3.69. The van der Waals surface area contributed by atoms with Crippen LogP contribution < -0.4 is 11.1 Å². The minimum absolute atomic E-state index is 0.278. The molecule has 3 N–H and O–H groups in total. The Morgan fingerprint density at radius 3 is 2.61 bits per heavy atom. The lowest BCUT2D eigenvalue weighted by molar-refractivity contribution is 0.628. The van der Waals surface area contributed by atoms with Crippen LogP contribution in [-0.4, -0.2) is 4.99 Å². The van der Waals surface area contributed by atoms with Crippen LogP contribution in [0, 0.1) is 5.82 Å². The zero-order chi connectivity index (χ0) is 13.1. The van der Waals surface area contributed by atoms with Gasteiger partial charge in [0.25, 0.3) is 0 Å². The highest BCUT2D eigenvalue weighted by Crippen LogP contribution is 2.24. The first-order valence-electron chi connectivity index (χ1n) is 5.18. The third-order valence-electron chi connectivity index (χ3n) is 2.33. The molecule has 2 nitrogen and oxygen atoms in total. The monoisotopic (exact) mass is 280 g/mol. The van der Waals surface area contributed by atoms with Gasteiger partial charge in [-0.2, -0.15) is 0 Å². The topological polar surface area (TPSA) is 38.0 Å². The number of benzene rings is 2. The first-order chi connectivity index (χ1) is 8.56. The molecule has 2 aromatic rings. The number of para-hydroxylation sites is 1. The Bertz CT molecular complexity index is 581. The van der Waals surface area contributed by atoms with Crippen molar-refractivity contribution in [3.63, 3.8) is 0 Å². The zero-order valence-electron chi connectivity index (χ0n) is 9.28. The summed E-state index contributed by atoms with van der Waals surface area (Å²) in [4.78, 5) is 0.278. The molecule has 0 aliphatic rings. The Hall–Kier alpha value is -1.65. The molecule has 0 amide bonds. The molecule has 0 aliphatic heterocycles. The fraction of sp³-hybridized carbons (Fsp3) is 0. The molecule has 0 atom stereocenters. The van der Waals surface area contributed by atoms with E-state index in [2.05, 4.69) is 5.32 Å². The molecule has 5 heteroatoms. The van der Waals surface area contributed by atoms with Crippen molar-refractivity contribution in [1.82, 2.24) is 0 Å². The average molecular weight is 281 g/mol. The maximum absolute atomic E-state index is 13.2. The van der Waals surface area contributed by atoms with Gasteiger partial charge in [0.1, 0.15) is 10.8 Å². The second kappa shape index (κ2) is 5.33. The van der Waals surface area contributed by atoms with E-state index in [9.17, 15) is 4.39 Å². The third-order valence-corrected chi connectivity index (χ3v) is 2.77. The van der Waals surface area contributed by atoms with Crippen molar-refractivity contribution in [1.29, 1.82) is 0 Å². The number of thiocarbonyl (C=S) groups is 1. The molecule has 2 aromatic carbocycles. The van der Waals surface area contributed by atoms with Crippen LogP contribution in [0.15, 0.2) is 42.5 Å². The highest BCUT2D eigenvalue weighted by atomic mass is 35.5. The van der Waals surface area contributed by atoms with Crippen molar-refractivity contribution in [3.05, 3.63) is 58.9 Å². The number of hydrogen-bond acceptors (Lipinski definition) is 2. The standard InChI is InChI=1S/C13H10ClFN2S/c14-8-5-9(15)7-10(6-8)17-12-4-2-1-3-11(12)13(16)18/h1-7,17H,(H2,16,18). The van der Waals surface area contributed by atoms with Crippen LogP contribution in [-0.2, 0) is 0 Å². The minimum atomic E-state index is -0.405. The van der Waals surface area contributed by atoms with E-state index in [1.54, 1.807) is 12.1 Å². The molecule has 0 aliphatic carbocycles. The van der Waals surface area contributed by atoms with E-state index in [0.29, 0.717) is 22.0 Å². The van der Waals surface area contributed by atoms with E-state index in [-0.39, 0.29) is 4.99 Å². The average Bonchev–Trinajstić information content (AvgIpc) is 2.27. The van der Waals surface area contributed by atoms with Crippen LogP contribution in [0.2, 0.25) is 5.02 Å². The van der Waals surface area contributed by atoms with E-state index >= 15 is 0 Å². The summed E-state index contributed by atoms with van der Waals surface area (Å²) >= 11 is 10.7. The lowest BCUT2D eigenvalue weighted by Crippen LogP contribution is -2.11. The number of rotatable bonds is 3. The zero-order valence-corrected chi connectivity index (χ0v) is 10.9. The fourth-order valence-electron chi connectivity index (χ4n) is 1.59. The van der Waals surface area contributed by atoms with Crippen LogP contribution >= 0.6 is 23.8 Å². The van der Waals surface area contributed by atoms with Gasteiger partial charge < -0.3 is 11.1 Å². The molecular formula is C13H10ClFN2S. The van der Waals surface area contributed by atoms with Gasteiger partial charge in [0.2, 0.25) is 0 Å². The summed E-state index contributed by atoms with van der Waals surface area (Å²) in [5, 5.41) is 3.37. The molecule has 18 heavy (non-hydrogen) atoms. The maximum Gasteiger partial charge on any atom is 0.126 e. The Morgan fingerprint density at radius 1 is 1.22 bits per heavy atom. The van der Waals surface area contributed by atoms with Gasteiger partial charge in [0, 0.05) is 22.0 Å². The molecule has 0 unspecified atom stereocenters. The van der Waals surface area contributed by atoms with Crippen LogP contribution in [0.1, 0.15) is 5.56 Å². The lowest BCUT2D eigenvalue weighted by Gasteiger charge is -2.11. The van der Waals surface area contributed by atoms with Crippen molar-refractivity contribution < 1.29 is 4.39 Å². The molecule has 0 heterocycles. The first kappa shape index (κ1) is 12.8. The largest absolute Gasteiger partial charge is 0.389 e. The third kappa shape index (κ3) is 2.97. The number of nitrogens with one attached hydrogen (secondary N) is 1. The SMILES string of the molecule is NC(=S)c1ccccc1Nc1cc(F)cc(Cl)c1. The van der Waals surface area contributed by atoms with E-state index in [1.165, 1.54) is 12.1 Å². The van der Waals surface area contributed by atoms with Gasteiger partial charge in [0.05, 0.1) is 0 Å². The van der Waals surface area contributed by atoms with E-state index in [1.807, 2.05) is 18.2 Å². The number of nitrogens with two attached hydrogens (primary N) is 1. The molecule has 92 valence electrons. The Balaban J connectivity index is 2.37. The summed E-state index contributed by atoms with van der Waals surface area (Å²) in [5.74, 6) is -0.405. The van der Waals surface area contributed by atoms with Gasteiger partial charge in [-0.25, -0.2) is 4.39 Å². The van der Waals surface area contributed by atoms with E-state index in [0.717, 1.165) is 0 Å². The molecule has 0 bridgehead atoms. The molecule has 0 fully saturated rings. The quantitative estimate of drug-likeness (QED) is 0.839. The summed E-state index contributed by atoms with van der Waals surface area (Å²) in [6.45, 7) is 0. The van der Waals surface area contributed by atoms with Gasteiger partial charge in [-0.1, -0.05) is 36.0 Å². The number of halogens is 2. The highest BCUT2D eigenvalue weighted by Gasteiger charge is 2.05. The van der Waals surface area contributed by atoms with E-state index < -0.39 is 5.82 Å². The maximum atomic E-state index is 13.2. The fourth-order valence-corrected chi connectivity index (χ4v) is 1.99. The van der Waals surface area contributed by atoms with Crippen molar-refractivity contribution in [3.8, 4) is 0 Å². The molecular weight excluding hydrogens is 271 g/mol. The predicted molar refractivity (Wildman–Crippen MR) is 77.0 cm³/mol. The van der Waals surface area contributed by atoms with Crippen molar-refractivity contribution in [2.75, 3.05) is 5.32 Å². The minimum Gasteiger partial charge on any atom is -0.389 e. The second-order valence-corrected chi connectivity index (χ2v) is 4.57. The number of hydrogen-bond donors (Lipinski definition) is 2. The van der Waals surface area contributed by atoms with Gasteiger partial charge in [-0.3, -0.25) is 0 Å². The van der Waals surface area contributed by atoms with E-state index in [4.69, 9.17) is 29.6 Å². The van der Waals surface area contributed by atoms with Gasteiger partial charge >= 0.3 is 0 Å². The lowest BCUT2D eigenvalue weighted by atomic mass is 10.1. The van der Waals surface area contributed by atoms with Gasteiger partial charge in [0.15, 0.2) is 0 Å². The van der Waals surface area contributed by atoms with Crippen molar-refractivity contribution >= 4 is 40.2 Å². The summed E-state index contributed by atoms with van der Waals surface area (Å²) in [6, 6.07) is 11.5. The van der Waals surface area contributed by atoms with Crippen LogP contribution in [0.3, 0.4) is 0 Å². The first-order valence-corrected chi connectivity index (χ1v) is 5.97. The van der Waals surface area contributed by atoms with Crippen molar-refractivity contribution in [2.45, 2.75) is 0 Å². The summed E-state index contributed by atoms with van der Waals surface area (Å²) in [5.41, 5.74) is 7.58. The molecule has 0 spiro atoms. The molecule has 0 saturated heterocycles. The van der Waals surface area contributed by atoms with Crippen LogP contribution in [0.5, 0.6) is 0 Å². The molecule has 0 saturated carbocycles. The Kier molecular flexibility index (Phi) is 3.79. The van der Waals surface area contributed by atoms with Crippen LogP contribution in [0.4, 0.5) is 15.8 Å². The molecule has 0 radical (unpaired) electrons. The molecule has 2 rings (SSSR count). The Morgan fingerprint density at radius 2 is 1.94 bits per heavy atom. The molecule has 0 aromatic heterocycles. The smallest absolute Gasteiger partial charge is 0.126 e. The number of anilines is 2. The summed E-state index contributed by atoms with van der Waals surface area (Å²) in [6.07, 6.45) is 0. The normalized spacial score (nSPS) is 10.1. The highest BCUT2D eigenvalue weighted by molar-refractivity contribution is 7.80. The summed E-state index contributed by atoms with van der Waals surface area (Å²) < 4.78 is 13.2. The van der Waals surface area contributed by atoms with Gasteiger partial charge in [-0.05, 0) is 30.3 Å².